The second-order valence-electron chi connectivity index (χ2n) is 35.4. The first-order valence-corrected chi connectivity index (χ1v) is 45.0. The Bertz CT molecular complexity index is 6400. The zero-order valence-corrected chi connectivity index (χ0v) is 77.5. The third kappa shape index (κ3) is 20.8. The summed E-state index contributed by atoms with van der Waals surface area (Å²) < 4.78 is 38.6. The lowest BCUT2D eigenvalue weighted by atomic mass is 9.64. The Hall–Kier alpha value is -12.3. The predicted molar refractivity (Wildman–Crippen MR) is 534 cm³/mol. The van der Waals surface area contributed by atoms with Crippen LogP contribution in [0.2, 0.25) is 6.22 Å². The molecule has 21 heteroatoms. The quantitative estimate of drug-likeness (QED) is 0.0998. The van der Waals surface area contributed by atoms with Gasteiger partial charge in [0.05, 0.1) is 33.6 Å². The second-order valence-corrected chi connectivity index (χ2v) is 37.2. The Labute approximate surface area is 780 Å². The van der Waals surface area contributed by atoms with Crippen molar-refractivity contribution < 1.29 is 32.6 Å². The molecule has 2 aliphatic carbocycles. The van der Waals surface area contributed by atoms with Crippen LogP contribution in [0.4, 0.5) is 4.70 Å². The predicted octanol–water partition coefficient (Wildman–Crippen LogP) is 26.4. The monoisotopic (exact) mass is 1840 g/mol. The van der Waals surface area contributed by atoms with E-state index in [1.807, 2.05) is 231 Å². The van der Waals surface area contributed by atoms with Gasteiger partial charge < -0.3 is 27.9 Å². The van der Waals surface area contributed by atoms with Crippen LogP contribution in [0.25, 0.3) is 136 Å². The molecule has 5 aliphatic rings. The maximum atomic E-state index is 6.25. The van der Waals surface area contributed by atoms with Gasteiger partial charge in [-0.25, -0.2) is 44.9 Å². The zero-order valence-electron chi connectivity index (χ0n) is 74.3. The maximum absolute atomic E-state index is 6.25. The van der Waals surface area contributed by atoms with Crippen molar-refractivity contribution in [1.29, 1.82) is 0 Å². The number of fused-ring (bicyclic) bond motifs is 6. The van der Waals surface area contributed by atoms with Crippen molar-refractivity contribution in [2.24, 2.45) is 0 Å². The molecule has 0 N–H and O–H groups in total. The van der Waals surface area contributed by atoms with Gasteiger partial charge in [0.2, 0.25) is 0 Å². The number of benzene rings is 13. The van der Waals surface area contributed by atoms with Crippen molar-refractivity contribution in [3.63, 3.8) is 0 Å². The van der Waals surface area contributed by atoms with E-state index in [0.29, 0.717) is 58.6 Å². The van der Waals surface area contributed by atoms with Crippen molar-refractivity contribution >= 4 is 58.7 Å². The fourth-order valence-electron chi connectivity index (χ4n) is 15.8. The number of hydrogen-bond acceptors (Lipinski definition) is 15. The van der Waals surface area contributed by atoms with E-state index in [1.54, 1.807) is 0 Å². The highest BCUT2D eigenvalue weighted by atomic mass is 79.9. The van der Waals surface area contributed by atoms with E-state index < -0.39 is 18.3 Å². The van der Waals surface area contributed by atoms with Crippen molar-refractivity contribution in [2.75, 3.05) is 0 Å². The van der Waals surface area contributed by atoms with Gasteiger partial charge in [-0.2, -0.15) is 0 Å². The maximum Gasteiger partial charge on any atom is 0.494 e. The molecule has 0 bridgehead atoms. The average molecular weight is 1850 g/mol. The Kier molecular flexibility index (Phi) is 27.9. The standard InChI is InChI=1S/C34H23N3.C27H26BN3O2.C21H14BrN3.C13H26B2O4.C13H9Br.CH4.FH/c1-3-10-23(11-4-1)32-35-33(24-12-5-2-6-13-24)37-34(36-32)29-16-9-15-25(20-29)26-18-19-28-21-27-14-7-8-17-30(27)31(28)22-26;1-26(2)27(3,4)33-28(32-26)22-17-11-16-21(18-22)25-30-23(19-12-7-5-8-13-19)29-24(31-25)20-14-9-6-10-15-20;22-18-13-7-12-17(14-18)21-24-19(15-8-3-1-4-9-15)23-20(25-21)16-10-5-2-6-11-16;1-10(2)11(3,4)17-14(16-10)9-15-18-12(5,6)13(7,8)19-15;14-11-6-5-10-7-9-3-1-2-4-12(9)13(10)8-11;;/h1-20,22H,21H2;5-18H,1-4H3;1-14H;9H2,1-8H3;1-6,8H,7H2;1H4;1H. The van der Waals surface area contributed by atoms with Crippen LogP contribution in [-0.2, 0) is 40.8 Å². The first kappa shape index (κ1) is 92.4. The molecule has 3 fully saturated rings. The van der Waals surface area contributed by atoms with Gasteiger partial charge in [0.25, 0.3) is 0 Å². The highest BCUT2D eigenvalue weighted by Crippen LogP contribution is 2.45. The summed E-state index contributed by atoms with van der Waals surface area (Å²) >= 11 is 7.03. The van der Waals surface area contributed by atoms with Gasteiger partial charge in [0.15, 0.2) is 52.4 Å². The SMILES string of the molecule is Brc1ccc2c(c1)-c1ccccc1C2.Brc1cccc(-c2nc(-c3ccccc3)nc(-c3ccccc3)n2)c1.C.CC1(C)OB(CB2OC(C)(C)C(C)(C)O2)OC1(C)C.CC1(C)OB(c2cccc(-c3nc(-c4ccccc4)nc(-c4ccccc4)n3)c2)OC1(C)C.F.c1ccc(-c2nc(-c3ccccc3)nc(-c3cccc(-c4ccc5c(c4)-c4ccccc4C5)c3)n2)cc1. The van der Waals surface area contributed by atoms with Crippen molar-refractivity contribution in [2.45, 2.75) is 143 Å². The Balaban J connectivity index is 0.000000129. The molecule has 0 unspecified atom stereocenters. The molecular formula is C109H103B3Br2FN9O6. The normalized spacial score (nSPS) is 15.4. The molecular weight excluding hydrogens is 1740 g/mol. The van der Waals surface area contributed by atoms with E-state index in [1.165, 1.54) is 50.1 Å². The molecule has 21 rings (SSSR count). The first-order chi connectivity index (χ1) is 61.6. The van der Waals surface area contributed by atoms with Crippen LogP contribution in [0.3, 0.4) is 0 Å². The van der Waals surface area contributed by atoms with Gasteiger partial charge in [-0.1, -0.05) is 343 Å². The molecule has 0 radical (unpaired) electrons. The van der Waals surface area contributed by atoms with Crippen LogP contribution in [-0.4, -0.2) is 99.8 Å². The van der Waals surface area contributed by atoms with Crippen LogP contribution >= 0.6 is 31.9 Å². The minimum absolute atomic E-state index is 0. The summed E-state index contributed by atoms with van der Waals surface area (Å²) in [6.07, 6.45) is 2.68. The van der Waals surface area contributed by atoms with Crippen LogP contribution in [0.5, 0.6) is 0 Å². The number of nitrogens with zero attached hydrogens (tertiary/aromatic N) is 9. The Morgan fingerprint density at radius 3 is 0.846 bits per heavy atom. The van der Waals surface area contributed by atoms with E-state index in [0.717, 1.165) is 82.9 Å². The average Bonchev–Trinajstić information content (AvgIpc) is 1.62. The summed E-state index contributed by atoms with van der Waals surface area (Å²) in [5.41, 5.74) is 21.0. The lowest BCUT2D eigenvalue weighted by Crippen LogP contribution is -2.41. The van der Waals surface area contributed by atoms with E-state index in [9.17, 15) is 0 Å². The van der Waals surface area contributed by atoms with E-state index in [-0.39, 0.29) is 48.8 Å². The second kappa shape index (κ2) is 39.2. The molecule has 650 valence electrons. The number of hydrogen-bond donors (Lipinski definition) is 0. The van der Waals surface area contributed by atoms with Gasteiger partial charge in [-0.05, 0) is 193 Å². The summed E-state index contributed by atoms with van der Waals surface area (Å²) in [6, 6.07) is 115. The lowest BCUT2D eigenvalue weighted by Gasteiger charge is -2.32. The summed E-state index contributed by atoms with van der Waals surface area (Å²) in [6.45, 7) is 24.6. The fourth-order valence-corrected chi connectivity index (χ4v) is 16.5. The minimum Gasteiger partial charge on any atom is -0.404 e. The third-order valence-corrected chi connectivity index (χ3v) is 25.8. The largest absolute Gasteiger partial charge is 0.494 e. The van der Waals surface area contributed by atoms with E-state index in [4.69, 9.17) is 67.8 Å². The molecule has 16 aromatic rings. The molecule has 130 heavy (non-hydrogen) atoms. The molecule has 15 nitrogen and oxygen atoms in total. The summed E-state index contributed by atoms with van der Waals surface area (Å²) in [7, 11) is -1.00. The van der Waals surface area contributed by atoms with Gasteiger partial charge in [0.1, 0.15) is 0 Å². The van der Waals surface area contributed by atoms with Gasteiger partial charge in [0, 0.05) is 65.2 Å². The molecule has 3 saturated heterocycles. The summed E-state index contributed by atoms with van der Waals surface area (Å²) in [5, 5.41) is 0. The molecule has 6 heterocycles. The van der Waals surface area contributed by atoms with Crippen LogP contribution < -0.4 is 5.46 Å². The van der Waals surface area contributed by atoms with Crippen LogP contribution in [0.1, 0.15) is 113 Å². The summed E-state index contributed by atoms with van der Waals surface area (Å²) in [4.78, 5) is 43.1. The number of aromatic nitrogens is 9. The Morgan fingerprint density at radius 2 is 0.485 bits per heavy atom. The molecule has 0 spiro atoms. The molecule has 0 atom stereocenters. The fraction of sp³-hybridized carbons (Fsp3) is 0.202. The van der Waals surface area contributed by atoms with Crippen molar-refractivity contribution in [3.05, 3.63) is 371 Å². The van der Waals surface area contributed by atoms with E-state index in [2.05, 4.69) is 229 Å². The Morgan fingerprint density at radius 1 is 0.231 bits per heavy atom. The first-order valence-electron chi connectivity index (χ1n) is 43.4. The number of halogens is 3. The zero-order chi connectivity index (χ0) is 89.0. The van der Waals surface area contributed by atoms with E-state index >= 15 is 0 Å². The molecule has 0 saturated carbocycles. The van der Waals surface area contributed by atoms with Gasteiger partial charge in [-0.15, -0.1) is 0 Å². The van der Waals surface area contributed by atoms with Crippen molar-refractivity contribution in [3.8, 4) is 136 Å². The molecule has 3 aliphatic heterocycles. The van der Waals surface area contributed by atoms with Crippen LogP contribution in [0, 0.1) is 0 Å². The molecule has 3 aromatic heterocycles. The van der Waals surface area contributed by atoms with Gasteiger partial charge in [-0.3, -0.25) is 4.70 Å². The highest BCUT2D eigenvalue weighted by molar-refractivity contribution is 9.10. The topological polar surface area (TPSA) is 171 Å². The van der Waals surface area contributed by atoms with Crippen molar-refractivity contribution in [1.82, 2.24) is 44.9 Å². The highest BCUT2D eigenvalue weighted by Gasteiger charge is 2.57. The third-order valence-electron chi connectivity index (χ3n) is 24.9. The van der Waals surface area contributed by atoms with Crippen LogP contribution in [0.15, 0.2) is 349 Å². The summed E-state index contributed by atoms with van der Waals surface area (Å²) in [5.74, 6) is 5.90. The smallest absolute Gasteiger partial charge is 0.404 e. The molecule has 13 aromatic carbocycles. The number of rotatable bonds is 13. The minimum atomic E-state index is -0.445. The molecule has 0 amide bonds. The lowest BCUT2D eigenvalue weighted by molar-refractivity contribution is 0.00578. The van der Waals surface area contributed by atoms with Gasteiger partial charge >= 0.3 is 21.4 Å².